The van der Waals surface area contributed by atoms with E-state index < -0.39 is 0 Å². The fourth-order valence-electron chi connectivity index (χ4n) is 3.02. The number of anilines is 1. The first-order valence-corrected chi connectivity index (χ1v) is 10.3. The van der Waals surface area contributed by atoms with Crippen LogP contribution < -0.4 is 10.2 Å². The maximum atomic E-state index is 12.3. The largest absolute Gasteiger partial charge is 0.382 e. The summed E-state index contributed by atoms with van der Waals surface area (Å²) in [5.74, 6) is 1.04. The Kier molecular flexibility index (Phi) is 6.58. The third kappa shape index (κ3) is 4.88. The van der Waals surface area contributed by atoms with E-state index in [1.807, 2.05) is 13.8 Å². The lowest BCUT2D eigenvalue weighted by Gasteiger charge is -2.18. The minimum absolute atomic E-state index is 0.0505. The zero-order valence-corrected chi connectivity index (χ0v) is 16.1. The van der Waals surface area contributed by atoms with Crippen LogP contribution in [0.4, 0.5) is 5.95 Å². The summed E-state index contributed by atoms with van der Waals surface area (Å²) < 4.78 is 7.55. The number of rotatable bonds is 10. The third-order valence-corrected chi connectivity index (χ3v) is 5.62. The highest BCUT2D eigenvalue weighted by molar-refractivity contribution is 8.00. The predicted octanol–water partition coefficient (Wildman–Crippen LogP) is 2.24. The molecule has 1 unspecified atom stereocenters. The smallest absolute Gasteiger partial charge is 0.233 e. The topological polar surface area (TPSA) is 72.3 Å². The number of hydrogen-bond acceptors (Lipinski definition) is 6. The summed E-state index contributed by atoms with van der Waals surface area (Å²) in [6.07, 6.45) is 5.66. The Bertz CT molecular complexity index is 569. The SMILES string of the molecule is CCOCCCNC(=O)C(C)Sc1nnc(N2CCCC2)n1C1CC1. The molecule has 1 saturated carbocycles. The van der Waals surface area contributed by atoms with Crippen LogP contribution in [0.2, 0.25) is 0 Å². The Morgan fingerprint density at radius 2 is 2.12 bits per heavy atom. The summed E-state index contributed by atoms with van der Waals surface area (Å²) in [6.45, 7) is 8.09. The Morgan fingerprint density at radius 1 is 1.36 bits per heavy atom. The molecule has 1 aromatic rings. The molecule has 0 spiro atoms. The summed E-state index contributed by atoms with van der Waals surface area (Å²) in [6, 6.07) is 0.509. The van der Waals surface area contributed by atoms with Crippen molar-refractivity contribution in [1.82, 2.24) is 20.1 Å². The van der Waals surface area contributed by atoms with Crippen LogP contribution in [-0.4, -0.2) is 58.8 Å². The van der Waals surface area contributed by atoms with Gasteiger partial charge in [0.05, 0.1) is 5.25 Å². The van der Waals surface area contributed by atoms with Crippen LogP contribution in [0.3, 0.4) is 0 Å². The van der Waals surface area contributed by atoms with Crippen molar-refractivity contribution in [2.45, 2.75) is 62.4 Å². The number of thioether (sulfide) groups is 1. The molecule has 1 saturated heterocycles. The second-order valence-electron chi connectivity index (χ2n) is 6.68. The molecule has 1 N–H and O–H groups in total. The van der Waals surface area contributed by atoms with Crippen LogP contribution in [0.1, 0.15) is 52.0 Å². The van der Waals surface area contributed by atoms with Crippen molar-refractivity contribution in [3.8, 4) is 0 Å². The number of nitrogens with zero attached hydrogens (tertiary/aromatic N) is 4. The van der Waals surface area contributed by atoms with Gasteiger partial charge in [-0.25, -0.2) is 0 Å². The van der Waals surface area contributed by atoms with Gasteiger partial charge < -0.3 is 15.0 Å². The second-order valence-corrected chi connectivity index (χ2v) is 7.99. The van der Waals surface area contributed by atoms with E-state index in [9.17, 15) is 4.79 Å². The molecule has 1 atom stereocenters. The van der Waals surface area contributed by atoms with Crippen LogP contribution >= 0.6 is 11.8 Å². The van der Waals surface area contributed by atoms with Crippen LogP contribution in [0, 0.1) is 0 Å². The molecule has 0 aromatic carbocycles. The maximum Gasteiger partial charge on any atom is 0.233 e. The van der Waals surface area contributed by atoms with Gasteiger partial charge in [-0.3, -0.25) is 9.36 Å². The molecular weight excluding hydrogens is 338 g/mol. The molecule has 3 rings (SSSR count). The first kappa shape index (κ1) is 18.5. The van der Waals surface area contributed by atoms with Crippen molar-refractivity contribution in [1.29, 1.82) is 0 Å². The molecule has 1 aliphatic heterocycles. The zero-order chi connectivity index (χ0) is 17.6. The highest BCUT2D eigenvalue weighted by atomic mass is 32.2. The Hall–Kier alpha value is -1.28. The minimum atomic E-state index is -0.180. The normalized spacial score (nSPS) is 18.6. The number of carbonyl (C=O) groups excluding carboxylic acids is 1. The van der Waals surface area contributed by atoms with Gasteiger partial charge in [0, 0.05) is 38.9 Å². The predicted molar refractivity (Wildman–Crippen MR) is 99.2 cm³/mol. The molecule has 2 heterocycles. The molecule has 8 heteroatoms. The number of hydrogen-bond donors (Lipinski definition) is 1. The lowest BCUT2D eigenvalue weighted by atomic mass is 10.4. The van der Waals surface area contributed by atoms with Crippen LogP contribution in [0.5, 0.6) is 0 Å². The van der Waals surface area contributed by atoms with Gasteiger partial charge in [0.1, 0.15) is 0 Å². The van der Waals surface area contributed by atoms with E-state index >= 15 is 0 Å². The van der Waals surface area contributed by atoms with Crippen molar-refractivity contribution in [2.75, 3.05) is 37.7 Å². The van der Waals surface area contributed by atoms with Crippen LogP contribution in [0.15, 0.2) is 5.16 Å². The van der Waals surface area contributed by atoms with Gasteiger partial charge in [0.25, 0.3) is 0 Å². The quantitative estimate of drug-likeness (QED) is 0.505. The maximum absolute atomic E-state index is 12.3. The van der Waals surface area contributed by atoms with Gasteiger partial charge in [0.15, 0.2) is 5.16 Å². The van der Waals surface area contributed by atoms with Crippen molar-refractivity contribution in [2.24, 2.45) is 0 Å². The van der Waals surface area contributed by atoms with Crippen LogP contribution in [-0.2, 0) is 9.53 Å². The van der Waals surface area contributed by atoms with Crippen molar-refractivity contribution in [3.63, 3.8) is 0 Å². The van der Waals surface area contributed by atoms with Gasteiger partial charge in [-0.2, -0.15) is 0 Å². The molecular formula is C17H29N5O2S. The Labute approximate surface area is 153 Å². The lowest BCUT2D eigenvalue weighted by molar-refractivity contribution is -0.120. The molecule has 140 valence electrons. The van der Waals surface area contributed by atoms with Gasteiger partial charge in [-0.1, -0.05) is 11.8 Å². The number of ether oxygens (including phenoxy) is 1. The van der Waals surface area contributed by atoms with E-state index in [0.717, 1.165) is 37.2 Å². The number of nitrogens with one attached hydrogen (secondary N) is 1. The van der Waals surface area contributed by atoms with Gasteiger partial charge in [0.2, 0.25) is 11.9 Å². The molecule has 7 nitrogen and oxygen atoms in total. The van der Waals surface area contributed by atoms with E-state index in [0.29, 0.717) is 19.2 Å². The summed E-state index contributed by atoms with van der Waals surface area (Å²) in [5.41, 5.74) is 0. The van der Waals surface area contributed by atoms with Crippen LogP contribution in [0.25, 0.3) is 0 Å². The molecule has 1 aliphatic carbocycles. The molecule has 0 radical (unpaired) electrons. The number of aromatic nitrogens is 3. The van der Waals surface area contributed by atoms with Crippen molar-refractivity contribution in [3.05, 3.63) is 0 Å². The van der Waals surface area contributed by atoms with Crippen molar-refractivity contribution >= 4 is 23.6 Å². The first-order valence-electron chi connectivity index (χ1n) is 9.42. The molecule has 1 amide bonds. The lowest BCUT2D eigenvalue weighted by Crippen LogP contribution is -2.32. The first-order chi connectivity index (χ1) is 12.2. The third-order valence-electron chi connectivity index (χ3n) is 4.57. The standard InChI is InChI=1S/C17H29N5O2S/c1-3-24-12-6-9-18-15(23)13(2)25-17-20-19-16(21-10-4-5-11-21)22(17)14-7-8-14/h13-14H,3-12H2,1-2H3,(H,18,23). The number of carbonyl (C=O) groups is 1. The summed E-state index contributed by atoms with van der Waals surface area (Å²) in [4.78, 5) is 14.6. The average Bonchev–Trinajstić information content (AvgIpc) is 3.13. The molecule has 1 aromatic heterocycles. The fraction of sp³-hybridized carbons (Fsp3) is 0.824. The second kappa shape index (κ2) is 8.89. The van der Waals surface area contributed by atoms with Crippen molar-refractivity contribution < 1.29 is 9.53 Å². The summed E-state index contributed by atoms with van der Waals surface area (Å²) in [5, 5.41) is 12.5. The molecule has 25 heavy (non-hydrogen) atoms. The van der Waals surface area contributed by atoms with E-state index in [-0.39, 0.29) is 11.2 Å². The van der Waals surface area contributed by atoms with Gasteiger partial charge in [-0.05, 0) is 46.0 Å². The highest BCUT2D eigenvalue weighted by Crippen LogP contribution is 2.42. The average molecular weight is 368 g/mol. The van der Waals surface area contributed by atoms with E-state index in [1.54, 1.807) is 0 Å². The van der Waals surface area contributed by atoms with E-state index in [4.69, 9.17) is 4.74 Å². The van der Waals surface area contributed by atoms with E-state index in [1.165, 1.54) is 37.4 Å². The number of amides is 1. The zero-order valence-electron chi connectivity index (χ0n) is 15.2. The van der Waals surface area contributed by atoms with E-state index in [2.05, 4.69) is 25.0 Å². The molecule has 0 bridgehead atoms. The Balaban J connectivity index is 1.55. The fourth-order valence-corrected chi connectivity index (χ4v) is 3.96. The van der Waals surface area contributed by atoms with Gasteiger partial charge >= 0.3 is 0 Å². The molecule has 2 aliphatic rings. The monoisotopic (exact) mass is 367 g/mol. The Morgan fingerprint density at radius 3 is 2.80 bits per heavy atom. The molecule has 2 fully saturated rings. The summed E-state index contributed by atoms with van der Waals surface area (Å²) >= 11 is 1.51. The van der Waals surface area contributed by atoms with Gasteiger partial charge in [-0.15, -0.1) is 10.2 Å². The summed E-state index contributed by atoms with van der Waals surface area (Å²) in [7, 11) is 0. The highest BCUT2D eigenvalue weighted by Gasteiger charge is 2.33. The minimum Gasteiger partial charge on any atom is -0.382 e.